The van der Waals surface area contributed by atoms with E-state index in [0.29, 0.717) is 6.07 Å². The summed E-state index contributed by atoms with van der Waals surface area (Å²) < 4.78 is 0. The molecule has 0 spiro atoms. The summed E-state index contributed by atoms with van der Waals surface area (Å²) in [5.41, 5.74) is -2.56. The molecular weight excluding hydrogens is 340 g/mol. The number of nitro groups is 2. The van der Waals surface area contributed by atoms with E-state index in [1.165, 1.54) is 0 Å². The van der Waals surface area contributed by atoms with E-state index < -0.39 is 51.2 Å². The maximum atomic E-state index is 11.6. The summed E-state index contributed by atoms with van der Waals surface area (Å²) in [6.07, 6.45) is -0.354. The van der Waals surface area contributed by atoms with Gasteiger partial charge in [0.25, 0.3) is 5.69 Å². The smallest absolute Gasteiger partial charge is 0.339 e. The molecule has 12 heteroatoms. The van der Waals surface area contributed by atoms with Crippen molar-refractivity contribution >= 4 is 22.9 Å². The fourth-order valence-electron chi connectivity index (χ4n) is 1.94. The van der Waals surface area contributed by atoms with Crippen LogP contribution >= 0.6 is 0 Å². The van der Waals surface area contributed by atoms with E-state index in [2.05, 4.69) is 10.3 Å². The molecule has 0 aliphatic carbocycles. The Morgan fingerprint density at radius 1 is 1.36 bits per heavy atom. The number of carbonyl (C=O) groups is 1. The van der Waals surface area contributed by atoms with Crippen molar-refractivity contribution < 1.29 is 30.0 Å². The van der Waals surface area contributed by atoms with Crippen LogP contribution in [-0.4, -0.2) is 55.4 Å². The molecule has 136 valence electrons. The van der Waals surface area contributed by atoms with Gasteiger partial charge in [0.2, 0.25) is 0 Å². The first-order valence-electron chi connectivity index (χ1n) is 7.01. The van der Waals surface area contributed by atoms with Crippen molar-refractivity contribution in [3.8, 4) is 0 Å². The normalized spacial score (nSPS) is 12.9. The molecule has 0 aliphatic rings. The molecule has 0 aromatic carbocycles. The van der Waals surface area contributed by atoms with Crippen LogP contribution in [0.4, 0.5) is 11.4 Å². The van der Waals surface area contributed by atoms with Gasteiger partial charge >= 0.3 is 11.7 Å². The lowest BCUT2D eigenvalue weighted by atomic mass is 10.1. The summed E-state index contributed by atoms with van der Waals surface area (Å²) in [5, 5.41) is 52.1. The molecule has 0 amide bonds. The Kier molecular flexibility index (Phi) is 6.90. The molecule has 4 N–H and O–H groups in total. The Hall–Kier alpha value is -3.12. The lowest BCUT2D eigenvalue weighted by Crippen LogP contribution is -2.30. The number of rotatable bonds is 9. The third kappa shape index (κ3) is 4.92. The van der Waals surface area contributed by atoms with Crippen LogP contribution in [0, 0.1) is 20.2 Å². The number of carboxylic acid groups (broad SMARTS) is 1. The van der Waals surface area contributed by atoms with Gasteiger partial charge in [-0.15, -0.1) is 0 Å². The second-order valence-corrected chi connectivity index (χ2v) is 4.81. The molecule has 1 aromatic rings. The van der Waals surface area contributed by atoms with E-state index in [-0.39, 0.29) is 18.7 Å². The standard InChI is InChI=1S/C13H16N4O8/c1-2-9(14-5-8(19)6-18)11(13(20)21)12-10(17(24)25)3-7(4-15-12)16(22)23/h3-4,8,14,18-19H,2,5-6H2,1H3,(H,20,21). The van der Waals surface area contributed by atoms with Gasteiger partial charge in [-0.3, -0.25) is 20.2 Å². The average molecular weight is 356 g/mol. The summed E-state index contributed by atoms with van der Waals surface area (Å²) in [6.45, 7) is 0.799. The molecule has 0 saturated heterocycles. The number of pyridine rings is 1. The predicted octanol–water partition coefficient (Wildman–Crippen LogP) is 0.0465. The number of allylic oxidation sites excluding steroid dienone is 1. The third-order valence-electron chi connectivity index (χ3n) is 3.13. The van der Waals surface area contributed by atoms with Gasteiger partial charge in [0.15, 0.2) is 5.69 Å². The van der Waals surface area contributed by atoms with Gasteiger partial charge in [-0.1, -0.05) is 6.92 Å². The number of aromatic nitrogens is 1. The van der Waals surface area contributed by atoms with Gasteiger partial charge in [-0.05, 0) is 6.42 Å². The maximum absolute atomic E-state index is 11.6. The van der Waals surface area contributed by atoms with Gasteiger partial charge in [0.1, 0.15) is 11.8 Å². The highest BCUT2D eigenvalue weighted by Gasteiger charge is 2.29. The van der Waals surface area contributed by atoms with Crippen molar-refractivity contribution in [2.75, 3.05) is 13.2 Å². The summed E-state index contributed by atoms with van der Waals surface area (Å²) in [6, 6.07) is 0.626. The van der Waals surface area contributed by atoms with Crippen LogP contribution in [0.25, 0.3) is 5.57 Å². The van der Waals surface area contributed by atoms with Crippen molar-refractivity contribution in [3.63, 3.8) is 0 Å². The number of hydrogen-bond acceptors (Lipinski definition) is 9. The molecule has 0 aliphatic heterocycles. The number of hydrogen-bond donors (Lipinski definition) is 4. The highest BCUT2D eigenvalue weighted by molar-refractivity contribution is 6.16. The van der Waals surface area contributed by atoms with Crippen molar-refractivity contribution in [1.82, 2.24) is 10.3 Å². The minimum atomic E-state index is -1.53. The van der Waals surface area contributed by atoms with Gasteiger partial charge in [0, 0.05) is 12.2 Å². The van der Waals surface area contributed by atoms with E-state index in [0.717, 1.165) is 6.20 Å². The first kappa shape index (κ1) is 19.9. The first-order valence-corrected chi connectivity index (χ1v) is 7.01. The third-order valence-corrected chi connectivity index (χ3v) is 3.13. The van der Waals surface area contributed by atoms with Crippen LogP contribution in [-0.2, 0) is 4.79 Å². The Balaban J connectivity index is 3.52. The SMILES string of the molecule is CCC(NCC(O)CO)=C(C(=O)O)c1ncc([N+](=O)[O-])cc1[N+](=O)[O-]. The molecule has 1 atom stereocenters. The molecule has 1 aromatic heterocycles. The summed E-state index contributed by atoms with van der Waals surface area (Å²) in [7, 11) is 0. The lowest BCUT2D eigenvalue weighted by molar-refractivity contribution is -0.394. The number of aliphatic hydroxyl groups is 2. The summed E-state index contributed by atoms with van der Waals surface area (Å²) >= 11 is 0. The van der Waals surface area contributed by atoms with Crippen LogP contribution in [0.15, 0.2) is 18.0 Å². The molecule has 0 fully saturated rings. The zero-order chi connectivity index (χ0) is 19.1. The van der Waals surface area contributed by atoms with E-state index in [9.17, 15) is 35.2 Å². The van der Waals surface area contributed by atoms with E-state index >= 15 is 0 Å². The topological polar surface area (TPSA) is 189 Å². The molecule has 25 heavy (non-hydrogen) atoms. The minimum absolute atomic E-state index is 0.0180. The molecule has 0 radical (unpaired) electrons. The Morgan fingerprint density at radius 2 is 2.00 bits per heavy atom. The lowest BCUT2D eigenvalue weighted by Gasteiger charge is -2.15. The number of carboxylic acids is 1. The zero-order valence-corrected chi connectivity index (χ0v) is 13.1. The van der Waals surface area contributed by atoms with Crippen LogP contribution in [0.3, 0.4) is 0 Å². The molecule has 1 heterocycles. The van der Waals surface area contributed by atoms with Crippen molar-refractivity contribution in [3.05, 3.63) is 43.9 Å². The van der Waals surface area contributed by atoms with Crippen molar-refractivity contribution in [2.45, 2.75) is 19.4 Å². The summed E-state index contributed by atoms with van der Waals surface area (Å²) in [5.74, 6) is -1.53. The predicted molar refractivity (Wildman–Crippen MR) is 83.5 cm³/mol. The van der Waals surface area contributed by atoms with Crippen molar-refractivity contribution in [2.24, 2.45) is 0 Å². The van der Waals surface area contributed by atoms with Crippen molar-refractivity contribution in [1.29, 1.82) is 0 Å². The number of nitrogens with one attached hydrogen (secondary N) is 1. The minimum Gasteiger partial charge on any atom is -0.478 e. The highest BCUT2D eigenvalue weighted by Crippen LogP contribution is 2.30. The Labute approximate surface area is 140 Å². The van der Waals surface area contributed by atoms with Crippen LogP contribution in [0.5, 0.6) is 0 Å². The molecule has 12 nitrogen and oxygen atoms in total. The fraction of sp³-hybridized carbons (Fsp3) is 0.385. The largest absolute Gasteiger partial charge is 0.478 e. The van der Waals surface area contributed by atoms with Gasteiger partial charge in [0.05, 0.1) is 28.6 Å². The van der Waals surface area contributed by atoms with Gasteiger partial charge in [-0.25, -0.2) is 9.78 Å². The van der Waals surface area contributed by atoms with Gasteiger partial charge in [-0.2, -0.15) is 0 Å². The van der Waals surface area contributed by atoms with E-state index in [1.807, 2.05) is 0 Å². The summed E-state index contributed by atoms with van der Waals surface area (Å²) in [4.78, 5) is 35.3. The molecular formula is C13H16N4O8. The van der Waals surface area contributed by atoms with E-state index in [1.54, 1.807) is 6.92 Å². The fourth-order valence-corrected chi connectivity index (χ4v) is 1.94. The number of aliphatic hydroxyl groups excluding tert-OH is 2. The van der Waals surface area contributed by atoms with E-state index in [4.69, 9.17) is 5.11 Å². The monoisotopic (exact) mass is 356 g/mol. The average Bonchev–Trinajstić information content (AvgIpc) is 2.57. The van der Waals surface area contributed by atoms with Crippen LogP contribution in [0.2, 0.25) is 0 Å². The molecule has 0 saturated carbocycles. The second kappa shape index (κ2) is 8.65. The molecule has 1 unspecified atom stereocenters. The quantitative estimate of drug-likeness (QED) is 0.267. The Morgan fingerprint density at radius 3 is 2.44 bits per heavy atom. The highest BCUT2D eigenvalue weighted by atomic mass is 16.6. The Bertz CT molecular complexity index is 718. The van der Waals surface area contributed by atoms with Crippen LogP contribution < -0.4 is 5.32 Å². The number of aliphatic carboxylic acids is 1. The number of nitrogens with zero attached hydrogens (tertiary/aromatic N) is 3. The van der Waals surface area contributed by atoms with Crippen LogP contribution in [0.1, 0.15) is 19.0 Å². The molecule has 1 rings (SSSR count). The maximum Gasteiger partial charge on any atom is 0.339 e. The van der Waals surface area contributed by atoms with Gasteiger partial charge < -0.3 is 20.6 Å². The zero-order valence-electron chi connectivity index (χ0n) is 13.1. The molecule has 0 bridgehead atoms. The second-order valence-electron chi connectivity index (χ2n) is 4.81. The first-order chi connectivity index (χ1) is 11.7.